The Morgan fingerprint density at radius 1 is 1.30 bits per heavy atom. The summed E-state index contributed by atoms with van der Waals surface area (Å²) in [7, 11) is 0. The van der Waals surface area contributed by atoms with Crippen molar-refractivity contribution in [2.75, 3.05) is 6.54 Å². The number of hydrogen-bond donors (Lipinski definition) is 3. The number of carbonyl (C=O) groups is 1. The summed E-state index contributed by atoms with van der Waals surface area (Å²) in [5.74, 6) is -5.17. The van der Waals surface area contributed by atoms with Crippen LogP contribution < -0.4 is 11.1 Å². The summed E-state index contributed by atoms with van der Waals surface area (Å²) < 4.78 is 49.5. The van der Waals surface area contributed by atoms with Gasteiger partial charge in [-0.2, -0.15) is 8.78 Å². The average molecular weight is 354 g/mol. The normalized spacial score (nSPS) is 13.0. The molecule has 1 heterocycles. The van der Waals surface area contributed by atoms with Gasteiger partial charge in [0.25, 0.3) is 0 Å². The van der Waals surface area contributed by atoms with Crippen LogP contribution in [0.3, 0.4) is 0 Å². The number of nitrogens with one attached hydrogen (secondary N) is 2. The van der Waals surface area contributed by atoms with Crippen molar-refractivity contribution in [3.05, 3.63) is 36.0 Å². The van der Waals surface area contributed by atoms with Gasteiger partial charge in [0.15, 0.2) is 0 Å². The molecule has 2 aromatic rings. The second-order valence-electron chi connectivity index (χ2n) is 4.95. The number of fused-ring (bicyclic) bond motifs is 1. The number of amides is 1. The molecule has 0 fully saturated rings. The Hall–Kier alpha value is -1.80. The van der Waals surface area contributed by atoms with Gasteiger partial charge in [-0.15, -0.1) is 12.4 Å². The highest BCUT2D eigenvalue weighted by molar-refractivity contribution is 5.86. The molecule has 4 nitrogen and oxygen atoms in total. The van der Waals surface area contributed by atoms with E-state index in [0.717, 1.165) is 16.5 Å². The lowest BCUT2D eigenvalue weighted by Gasteiger charge is -2.17. The molecule has 0 radical (unpaired) electrons. The number of benzene rings is 1. The second kappa shape index (κ2) is 7.65. The molecule has 0 aliphatic rings. The second-order valence-corrected chi connectivity index (χ2v) is 4.95. The summed E-state index contributed by atoms with van der Waals surface area (Å²) in [6.45, 7) is -1.44. The van der Waals surface area contributed by atoms with Crippen molar-refractivity contribution >= 4 is 29.2 Å². The lowest BCUT2D eigenvalue weighted by molar-refractivity contribution is -0.137. The molecule has 0 unspecified atom stereocenters. The first-order chi connectivity index (χ1) is 10.3. The summed E-state index contributed by atoms with van der Waals surface area (Å²) in [5, 5.41) is 2.62. The summed E-state index contributed by atoms with van der Waals surface area (Å²) in [6, 6.07) is 6.22. The number of carbonyl (C=O) groups excluding carboxylic acids is 1. The molecule has 128 valence electrons. The van der Waals surface area contributed by atoms with Crippen LogP contribution in [0.5, 0.6) is 0 Å². The molecule has 1 amide bonds. The van der Waals surface area contributed by atoms with Gasteiger partial charge in [-0.1, -0.05) is 18.2 Å². The van der Waals surface area contributed by atoms with Crippen LogP contribution in [-0.4, -0.2) is 35.8 Å². The van der Waals surface area contributed by atoms with Gasteiger partial charge in [0.05, 0.1) is 12.6 Å². The number of rotatable bonds is 6. The summed E-state index contributed by atoms with van der Waals surface area (Å²) in [4.78, 5) is 14.6. The van der Waals surface area contributed by atoms with Crippen LogP contribution in [0.4, 0.5) is 17.6 Å². The van der Waals surface area contributed by atoms with Crippen molar-refractivity contribution in [3.63, 3.8) is 0 Å². The molecule has 2 rings (SSSR count). The van der Waals surface area contributed by atoms with Crippen molar-refractivity contribution in [2.45, 2.75) is 24.8 Å². The molecular weight excluding hydrogens is 338 g/mol. The Bertz CT molecular complexity index is 662. The van der Waals surface area contributed by atoms with E-state index in [4.69, 9.17) is 5.73 Å². The Balaban J connectivity index is 0.00000264. The van der Waals surface area contributed by atoms with E-state index in [1.54, 1.807) is 11.5 Å². The number of aromatic amines is 1. The number of alkyl halides is 4. The fraction of sp³-hybridized carbons (Fsp3) is 0.357. The van der Waals surface area contributed by atoms with Crippen molar-refractivity contribution in [1.29, 1.82) is 0 Å². The van der Waals surface area contributed by atoms with Gasteiger partial charge in [0.1, 0.15) is 0 Å². The Labute approximate surface area is 135 Å². The van der Waals surface area contributed by atoms with E-state index in [-0.39, 0.29) is 18.8 Å². The smallest absolute Gasteiger partial charge is 0.324 e. The van der Waals surface area contributed by atoms with Gasteiger partial charge in [-0.25, -0.2) is 8.78 Å². The standard InChI is InChI=1S/C14H15F4N3O.ClH/c15-13(16)14(17,18)7-21-12(22)10(19)5-8-6-20-11-4-2-1-3-9(8)11;/h1-4,6,10,13,20H,5,7,19H2,(H,21,22);1H/t10-;/m0./s1. The zero-order valence-corrected chi connectivity index (χ0v) is 12.7. The van der Waals surface area contributed by atoms with Crippen molar-refractivity contribution in [2.24, 2.45) is 5.73 Å². The Kier molecular flexibility index (Phi) is 6.40. The third kappa shape index (κ3) is 4.59. The quantitative estimate of drug-likeness (QED) is 0.698. The van der Waals surface area contributed by atoms with Crippen LogP contribution in [0.25, 0.3) is 10.9 Å². The van der Waals surface area contributed by atoms with E-state index >= 15 is 0 Å². The Morgan fingerprint density at radius 2 is 1.96 bits per heavy atom. The maximum absolute atomic E-state index is 12.7. The number of halogens is 5. The van der Waals surface area contributed by atoms with E-state index in [1.165, 1.54) is 0 Å². The highest BCUT2D eigenvalue weighted by Gasteiger charge is 2.41. The van der Waals surface area contributed by atoms with E-state index in [0.29, 0.717) is 0 Å². The van der Waals surface area contributed by atoms with E-state index < -0.39 is 30.8 Å². The first-order valence-electron chi connectivity index (χ1n) is 6.55. The molecule has 1 aromatic heterocycles. The third-order valence-electron chi connectivity index (χ3n) is 3.27. The lowest BCUT2D eigenvalue weighted by Crippen LogP contribution is -2.48. The lowest BCUT2D eigenvalue weighted by atomic mass is 10.1. The molecule has 1 aromatic carbocycles. The van der Waals surface area contributed by atoms with E-state index in [9.17, 15) is 22.4 Å². The van der Waals surface area contributed by atoms with Gasteiger partial charge in [0, 0.05) is 17.1 Å². The van der Waals surface area contributed by atoms with Gasteiger partial charge in [-0.05, 0) is 18.1 Å². The minimum Gasteiger partial charge on any atom is -0.361 e. The molecule has 0 bridgehead atoms. The molecular formula is C14H16ClF4N3O. The number of aromatic nitrogens is 1. The molecule has 0 aliphatic heterocycles. The SMILES string of the molecule is Cl.N[C@@H](Cc1c[nH]c2ccccc12)C(=O)NCC(F)(F)C(F)F. The summed E-state index contributed by atoms with van der Waals surface area (Å²) in [5.41, 5.74) is 7.25. The van der Waals surface area contributed by atoms with Gasteiger partial charge in [-0.3, -0.25) is 4.79 Å². The summed E-state index contributed by atoms with van der Waals surface area (Å²) >= 11 is 0. The largest absolute Gasteiger partial charge is 0.361 e. The van der Waals surface area contributed by atoms with Crippen molar-refractivity contribution in [3.8, 4) is 0 Å². The molecule has 1 atom stereocenters. The van der Waals surface area contributed by atoms with Crippen LogP contribution in [0.15, 0.2) is 30.5 Å². The first-order valence-corrected chi connectivity index (χ1v) is 6.55. The van der Waals surface area contributed by atoms with Crippen LogP contribution in [0, 0.1) is 0 Å². The number of para-hydroxylation sites is 1. The fourth-order valence-corrected chi connectivity index (χ4v) is 2.04. The number of hydrogen-bond acceptors (Lipinski definition) is 2. The highest BCUT2D eigenvalue weighted by Crippen LogP contribution is 2.22. The van der Waals surface area contributed by atoms with Gasteiger partial charge >= 0.3 is 12.3 Å². The molecule has 4 N–H and O–H groups in total. The monoisotopic (exact) mass is 353 g/mol. The average Bonchev–Trinajstić information content (AvgIpc) is 2.88. The molecule has 0 spiro atoms. The van der Waals surface area contributed by atoms with Crippen molar-refractivity contribution in [1.82, 2.24) is 10.3 Å². The topological polar surface area (TPSA) is 70.9 Å². The van der Waals surface area contributed by atoms with Crippen LogP contribution in [-0.2, 0) is 11.2 Å². The highest BCUT2D eigenvalue weighted by atomic mass is 35.5. The molecule has 9 heteroatoms. The third-order valence-corrected chi connectivity index (χ3v) is 3.27. The zero-order chi connectivity index (χ0) is 16.3. The maximum atomic E-state index is 12.7. The molecule has 0 saturated heterocycles. The van der Waals surface area contributed by atoms with Gasteiger partial charge < -0.3 is 16.0 Å². The summed E-state index contributed by atoms with van der Waals surface area (Å²) in [6.07, 6.45) is -2.06. The zero-order valence-electron chi connectivity index (χ0n) is 11.9. The fourth-order valence-electron chi connectivity index (χ4n) is 2.04. The van der Waals surface area contributed by atoms with Crippen molar-refractivity contribution < 1.29 is 22.4 Å². The molecule has 0 aliphatic carbocycles. The van der Waals surface area contributed by atoms with E-state index in [1.807, 2.05) is 24.3 Å². The van der Waals surface area contributed by atoms with Crippen LogP contribution >= 0.6 is 12.4 Å². The molecule has 23 heavy (non-hydrogen) atoms. The number of nitrogens with two attached hydrogens (primary N) is 1. The number of H-pyrrole nitrogens is 1. The maximum Gasteiger partial charge on any atom is 0.324 e. The Morgan fingerprint density at radius 3 is 2.61 bits per heavy atom. The van der Waals surface area contributed by atoms with Crippen LogP contribution in [0.1, 0.15) is 5.56 Å². The predicted molar refractivity (Wildman–Crippen MR) is 81.2 cm³/mol. The van der Waals surface area contributed by atoms with Gasteiger partial charge in [0.2, 0.25) is 5.91 Å². The predicted octanol–water partition coefficient (Wildman–Crippen LogP) is 2.48. The first kappa shape index (κ1) is 19.2. The van der Waals surface area contributed by atoms with Crippen LogP contribution in [0.2, 0.25) is 0 Å². The minimum absolute atomic E-state index is 0. The van der Waals surface area contributed by atoms with E-state index in [2.05, 4.69) is 4.98 Å². The molecule has 0 saturated carbocycles. The minimum atomic E-state index is -4.27.